The van der Waals surface area contributed by atoms with Gasteiger partial charge in [-0.3, -0.25) is 18.7 Å². The molecule has 1 amide bonds. The molecule has 10 heteroatoms. The number of hydrogen-bond acceptors (Lipinski definition) is 6. The summed E-state index contributed by atoms with van der Waals surface area (Å²) in [5.74, 6) is -0.310. The zero-order valence-electron chi connectivity index (χ0n) is 18.6. The molecule has 1 aromatic carbocycles. The molecule has 0 aliphatic heterocycles. The predicted octanol–water partition coefficient (Wildman–Crippen LogP) is 2.67. The normalized spacial score (nSPS) is 11.7. The number of aromatic nitrogens is 5. The number of para-hydroxylation sites is 1. The van der Waals surface area contributed by atoms with Gasteiger partial charge in [0.2, 0.25) is 0 Å². The van der Waals surface area contributed by atoms with E-state index in [0.29, 0.717) is 21.8 Å². The Bertz CT molecular complexity index is 1430. The molecule has 0 bridgehead atoms. The van der Waals surface area contributed by atoms with Gasteiger partial charge in [-0.25, -0.2) is 9.48 Å². The van der Waals surface area contributed by atoms with E-state index in [-0.39, 0.29) is 23.9 Å². The largest absolute Gasteiger partial charge is 0.352 e. The molecule has 4 aromatic rings. The summed E-state index contributed by atoms with van der Waals surface area (Å²) in [5, 5.41) is 11.6. The van der Waals surface area contributed by atoms with Gasteiger partial charge in [-0.05, 0) is 32.4 Å². The number of carbonyl (C=O) groups excluding carboxylic acids is 1. The van der Waals surface area contributed by atoms with Crippen LogP contribution >= 0.6 is 11.3 Å². The Labute approximate surface area is 188 Å². The van der Waals surface area contributed by atoms with Crippen LogP contribution in [-0.2, 0) is 13.6 Å². The van der Waals surface area contributed by atoms with Crippen molar-refractivity contribution in [3.8, 4) is 0 Å². The number of benzene rings is 1. The topological polar surface area (TPSA) is 104 Å². The summed E-state index contributed by atoms with van der Waals surface area (Å²) in [5.41, 5.74) is 1.03. The second-order valence-corrected chi connectivity index (χ2v) is 9.12. The first-order valence-electron chi connectivity index (χ1n) is 10.7. The van der Waals surface area contributed by atoms with Crippen molar-refractivity contribution in [3.63, 3.8) is 0 Å². The van der Waals surface area contributed by atoms with Crippen LogP contribution in [0.25, 0.3) is 21.3 Å². The van der Waals surface area contributed by atoms with E-state index in [1.54, 1.807) is 9.25 Å². The molecule has 3 heterocycles. The lowest BCUT2D eigenvalue weighted by Gasteiger charge is -2.13. The molecule has 4 rings (SSSR count). The Hall–Kier alpha value is -3.27. The summed E-state index contributed by atoms with van der Waals surface area (Å²) in [6, 6.07) is 7.39. The maximum Gasteiger partial charge on any atom is 0.332 e. The maximum atomic E-state index is 13.3. The summed E-state index contributed by atoms with van der Waals surface area (Å²) in [4.78, 5) is 40.4. The van der Waals surface area contributed by atoms with Crippen molar-refractivity contribution < 1.29 is 4.79 Å². The molecule has 3 aromatic heterocycles. The Morgan fingerprint density at radius 1 is 1.22 bits per heavy atom. The first kappa shape index (κ1) is 21.9. The van der Waals surface area contributed by atoms with Gasteiger partial charge >= 0.3 is 5.69 Å². The average molecular weight is 455 g/mol. The van der Waals surface area contributed by atoms with Crippen molar-refractivity contribution in [2.45, 2.75) is 46.2 Å². The number of nitrogens with zero attached hydrogens (tertiary/aromatic N) is 5. The highest BCUT2D eigenvalue weighted by Crippen LogP contribution is 2.31. The van der Waals surface area contributed by atoms with E-state index in [1.807, 2.05) is 45.0 Å². The number of thiophene rings is 1. The molecule has 168 valence electrons. The third-order valence-corrected chi connectivity index (χ3v) is 6.64. The lowest BCUT2D eigenvalue weighted by atomic mass is 10.1. The smallest absolute Gasteiger partial charge is 0.332 e. The zero-order chi connectivity index (χ0) is 23.0. The van der Waals surface area contributed by atoms with E-state index in [4.69, 9.17) is 0 Å². The number of amides is 1. The van der Waals surface area contributed by atoms with E-state index in [0.717, 1.165) is 28.4 Å². The molecule has 0 spiro atoms. The van der Waals surface area contributed by atoms with Crippen LogP contribution in [0.3, 0.4) is 0 Å². The fourth-order valence-corrected chi connectivity index (χ4v) is 5.18. The van der Waals surface area contributed by atoms with Crippen molar-refractivity contribution >= 4 is 38.5 Å². The van der Waals surface area contributed by atoms with Gasteiger partial charge in [-0.15, -0.1) is 16.4 Å². The fraction of sp³-hybridized carbons (Fsp3) is 0.409. The molecule has 9 nitrogen and oxygen atoms in total. The minimum Gasteiger partial charge on any atom is -0.352 e. The van der Waals surface area contributed by atoms with E-state index in [1.165, 1.54) is 18.4 Å². The van der Waals surface area contributed by atoms with Crippen molar-refractivity contribution in [2.75, 3.05) is 6.54 Å². The zero-order valence-corrected chi connectivity index (χ0v) is 19.4. The summed E-state index contributed by atoms with van der Waals surface area (Å²) < 4.78 is 4.37. The van der Waals surface area contributed by atoms with Crippen molar-refractivity contribution in [1.29, 1.82) is 0 Å². The van der Waals surface area contributed by atoms with Crippen LogP contribution in [0.4, 0.5) is 0 Å². The molecule has 0 atom stereocenters. The molecule has 32 heavy (non-hydrogen) atoms. The van der Waals surface area contributed by atoms with Crippen LogP contribution < -0.4 is 16.6 Å². The number of fused-ring (bicyclic) bond motifs is 2. The monoisotopic (exact) mass is 454 g/mol. The van der Waals surface area contributed by atoms with Gasteiger partial charge in [-0.1, -0.05) is 30.7 Å². The van der Waals surface area contributed by atoms with Crippen molar-refractivity contribution in [1.82, 2.24) is 29.4 Å². The summed E-state index contributed by atoms with van der Waals surface area (Å²) in [6.07, 6.45) is 1.78. The maximum absolute atomic E-state index is 13.3. The van der Waals surface area contributed by atoms with Gasteiger partial charge in [0.1, 0.15) is 10.3 Å². The minimum atomic E-state index is -0.464. The number of unbranched alkanes of at least 4 members (excludes halogenated alkanes) is 1. The molecule has 0 aliphatic rings. The van der Waals surface area contributed by atoms with Crippen LogP contribution in [0.2, 0.25) is 0 Å². The Balaban J connectivity index is 1.96. The number of nitrogens with one attached hydrogen (secondary N) is 1. The predicted molar refractivity (Wildman–Crippen MR) is 126 cm³/mol. The molecule has 0 saturated carbocycles. The molecule has 1 N–H and O–H groups in total. The lowest BCUT2D eigenvalue weighted by Crippen LogP contribution is -2.39. The third-order valence-electron chi connectivity index (χ3n) is 5.47. The van der Waals surface area contributed by atoms with Gasteiger partial charge in [-0.2, -0.15) is 0 Å². The molecule has 0 radical (unpaired) electrons. The van der Waals surface area contributed by atoms with Crippen LogP contribution in [0.15, 0.2) is 33.9 Å². The highest BCUT2D eigenvalue weighted by atomic mass is 32.1. The first-order chi connectivity index (χ1) is 15.3. The van der Waals surface area contributed by atoms with E-state index in [9.17, 15) is 14.4 Å². The Morgan fingerprint density at radius 2 is 1.97 bits per heavy atom. The summed E-state index contributed by atoms with van der Waals surface area (Å²) >= 11 is 1.29. The number of hydrogen-bond donors (Lipinski definition) is 1. The highest BCUT2D eigenvalue weighted by Gasteiger charge is 2.26. The molecule has 0 unspecified atom stereocenters. The van der Waals surface area contributed by atoms with E-state index in [2.05, 4.69) is 15.6 Å². The van der Waals surface area contributed by atoms with E-state index < -0.39 is 11.2 Å². The number of rotatable bonds is 7. The van der Waals surface area contributed by atoms with Gasteiger partial charge in [0.05, 0.1) is 23.0 Å². The van der Waals surface area contributed by atoms with Crippen LogP contribution in [0.5, 0.6) is 0 Å². The molecular weight excluding hydrogens is 428 g/mol. The third kappa shape index (κ3) is 3.64. The average Bonchev–Trinajstić information content (AvgIpc) is 3.34. The molecular formula is C22H26N6O3S. The standard InChI is InChI=1S/C22H26N6O3S/c1-5-6-11-23-19(29)17-16(12-27-15-10-8-7-9-14(15)24-25-27)32-21-18(17)20(30)26(4)22(31)28(21)13(2)3/h7-10,13H,5-6,11-12H2,1-4H3,(H,23,29). The summed E-state index contributed by atoms with van der Waals surface area (Å²) in [7, 11) is 1.45. The quantitative estimate of drug-likeness (QED) is 0.433. The van der Waals surface area contributed by atoms with Crippen molar-refractivity contribution in [2.24, 2.45) is 7.05 Å². The van der Waals surface area contributed by atoms with Gasteiger partial charge in [0, 0.05) is 24.5 Å². The van der Waals surface area contributed by atoms with Gasteiger partial charge < -0.3 is 5.32 Å². The molecule has 0 fully saturated rings. The first-order valence-corrected chi connectivity index (χ1v) is 11.5. The lowest BCUT2D eigenvalue weighted by molar-refractivity contribution is 0.0954. The Kier molecular flexibility index (Phi) is 5.96. The Morgan fingerprint density at radius 3 is 2.69 bits per heavy atom. The van der Waals surface area contributed by atoms with Crippen molar-refractivity contribution in [3.05, 3.63) is 55.5 Å². The van der Waals surface area contributed by atoms with Crippen LogP contribution in [-0.4, -0.2) is 36.6 Å². The van der Waals surface area contributed by atoms with E-state index >= 15 is 0 Å². The molecule has 0 aliphatic carbocycles. The highest BCUT2D eigenvalue weighted by molar-refractivity contribution is 7.19. The SMILES string of the molecule is CCCCNC(=O)c1c(Cn2nnc3ccccc32)sc2c1c(=O)n(C)c(=O)n2C(C)C. The minimum absolute atomic E-state index is 0.175. The van der Waals surface area contributed by atoms with Crippen LogP contribution in [0.1, 0.15) is 54.9 Å². The summed E-state index contributed by atoms with van der Waals surface area (Å²) in [6.45, 7) is 6.60. The molecule has 0 saturated heterocycles. The second kappa shape index (κ2) is 8.70. The second-order valence-electron chi connectivity index (χ2n) is 8.04. The number of carbonyl (C=O) groups is 1. The van der Waals surface area contributed by atoms with Gasteiger partial charge in [0.15, 0.2) is 0 Å². The van der Waals surface area contributed by atoms with Gasteiger partial charge in [0.25, 0.3) is 11.5 Å². The fourth-order valence-electron chi connectivity index (χ4n) is 3.78. The van der Waals surface area contributed by atoms with Crippen LogP contribution in [0, 0.1) is 0 Å².